The third-order valence-corrected chi connectivity index (χ3v) is 4.18. The normalized spacial score (nSPS) is 10.6. The smallest absolute Gasteiger partial charge is 0.404 e. The Hall–Kier alpha value is -2.82. The van der Waals surface area contributed by atoms with Crippen molar-refractivity contribution in [1.82, 2.24) is 19.7 Å². The number of nitrogens with zero attached hydrogens (tertiary/aromatic N) is 4. The molecule has 1 amide bonds. The first-order valence-corrected chi connectivity index (χ1v) is 7.87. The number of hydrogen-bond donors (Lipinski definition) is 2. The fourth-order valence-corrected chi connectivity index (χ4v) is 3.05. The van der Waals surface area contributed by atoms with Gasteiger partial charge in [-0.25, -0.2) is 9.78 Å². The molecule has 1 aromatic carbocycles. The Morgan fingerprint density at radius 1 is 1.40 bits per heavy atom. The Morgan fingerprint density at radius 3 is 2.80 bits per heavy atom. The molecule has 2 heterocycles. The number of hydrogen-bond acceptors (Lipinski definition) is 4. The van der Waals surface area contributed by atoms with Crippen LogP contribution in [0.1, 0.15) is 17.0 Å². The van der Waals surface area contributed by atoms with E-state index >= 15 is 0 Å². The quantitative estimate of drug-likeness (QED) is 0.726. The number of rotatable bonds is 3. The minimum absolute atomic E-state index is 0.0263. The third kappa shape index (κ3) is 3.22. The number of benzene rings is 1. The van der Waals surface area contributed by atoms with Gasteiger partial charge < -0.3 is 10.4 Å². The van der Waals surface area contributed by atoms with Crippen LogP contribution in [0.3, 0.4) is 0 Å². The van der Waals surface area contributed by atoms with E-state index in [0.717, 1.165) is 0 Å². The van der Waals surface area contributed by atoms with E-state index in [1.54, 1.807) is 29.5 Å². The molecule has 3 rings (SSSR count). The summed E-state index contributed by atoms with van der Waals surface area (Å²) in [5.41, 5.74) is 2.64. The summed E-state index contributed by atoms with van der Waals surface area (Å²) in [6.45, 7) is 1.77. The molecule has 0 fully saturated rings. The van der Waals surface area contributed by atoms with E-state index in [-0.39, 0.29) is 12.2 Å². The summed E-state index contributed by atoms with van der Waals surface area (Å²) >= 11 is 12.3. The Bertz CT molecular complexity index is 1040. The fourth-order valence-electron chi connectivity index (χ4n) is 2.55. The Balaban J connectivity index is 2.34. The van der Waals surface area contributed by atoms with Gasteiger partial charge in [-0.15, -0.1) is 0 Å². The topological polar surface area (TPSA) is 103 Å². The summed E-state index contributed by atoms with van der Waals surface area (Å²) in [5, 5.41) is 21.3. The molecule has 7 nitrogen and oxygen atoms in total. The van der Waals surface area contributed by atoms with Gasteiger partial charge in [-0.2, -0.15) is 10.2 Å². The van der Waals surface area contributed by atoms with Crippen LogP contribution in [-0.4, -0.2) is 25.6 Å². The van der Waals surface area contributed by atoms with E-state index in [2.05, 4.69) is 15.3 Å². The number of aryl methyl sites for hydroxylation is 1. The van der Waals surface area contributed by atoms with Gasteiger partial charge in [0, 0.05) is 28.0 Å². The predicted octanol–water partition coefficient (Wildman–Crippen LogP) is 3.65. The number of aromatic nitrogens is 3. The van der Waals surface area contributed by atoms with Crippen molar-refractivity contribution in [3.05, 3.63) is 51.4 Å². The molecule has 2 aromatic heterocycles. The molecule has 0 atom stereocenters. The van der Waals surface area contributed by atoms with Crippen LogP contribution >= 0.6 is 23.2 Å². The molecule has 0 aliphatic heterocycles. The summed E-state index contributed by atoms with van der Waals surface area (Å²) in [6, 6.07) is 6.98. The van der Waals surface area contributed by atoms with Crippen LogP contribution in [-0.2, 0) is 6.54 Å². The van der Waals surface area contributed by atoms with Crippen LogP contribution in [0.15, 0.2) is 24.4 Å². The van der Waals surface area contributed by atoms with Gasteiger partial charge in [-0.05, 0) is 25.1 Å². The first-order valence-electron chi connectivity index (χ1n) is 7.11. The molecule has 9 heteroatoms. The molecule has 0 saturated carbocycles. The summed E-state index contributed by atoms with van der Waals surface area (Å²) < 4.78 is 1.62. The summed E-state index contributed by atoms with van der Waals surface area (Å²) in [6.07, 6.45) is 0.378. The second-order valence-electron chi connectivity index (χ2n) is 5.22. The molecule has 0 aliphatic carbocycles. The average Bonchev–Trinajstić information content (AvgIpc) is 2.95. The number of imidazole rings is 1. The molecule has 0 bridgehead atoms. The SMILES string of the molecule is Cc1nc2nc(C#N)cn2c(-c2ccc(Cl)cc2Cl)c1CNC(=O)O. The highest BCUT2D eigenvalue weighted by molar-refractivity contribution is 6.36. The molecular formula is C16H11Cl2N5O2. The monoisotopic (exact) mass is 375 g/mol. The van der Waals surface area contributed by atoms with E-state index in [1.165, 1.54) is 6.20 Å². The number of amides is 1. The highest BCUT2D eigenvalue weighted by Crippen LogP contribution is 2.34. The third-order valence-electron chi connectivity index (χ3n) is 3.64. The van der Waals surface area contributed by atoms with E-state index in [1.807, 2.05) is 6.07 Å². The second kappa shape index (κ2) is 6.59. The number of carbonyl (C=O) groups is 1. The molecule has 0 aliphatic rings. The van der Waals surface area contributed by atoms with Crippen molar-refractivity contribution in [2.24, 2.45) is 0 Å². The molecule has 3 aromatic rings. The molecule has 0 unspecified atom stereocenters. The van der Waals surface area contributed by atoms with Gasteiger partial charge in [0.15, 0.2) is 5.69 Å². The Morgan fingerprint density at radius 2 is 2.16 bits per heavy atom. The molecular weight excluding hydrogens is 365 g/mol. The highest BCUT2D eigenvalue weighted by Gasteiger charge is 2.19. The number of fused-ring (bicyclic) bond motifs is 1. The first-order chi connectivity index (χ1) is 11.9. The van der Waals surface area contributed by atoms with Gasteiger partial charge in [0.1, 0.15) is 6.07 Å². The van der Waals surface area contributed by atoms with Crippen molar-refractivity contribution in [2.75, 3.05) is 0 Å². The summed E-state index contributed by atoms with van der Waals surface area (Å²) in [7, 11) is 0. The van der Waals surface area contributed by atoms with Crippen molar-refractivity contribution in [3.63, 3.8) is 0 Å². The van der Waals surface area contributed by atoms with Crippen molar-refractivity contribution in [2.45, 2.75) is 13.5 Å². The van der Waals surface area contributed by atoms with Crippen molar-refractivity contribution < 1.29 is 9.90 Å². The molecule has 0 radical (unpaired) electrons. The standard InChI is InChI=1S/C16H11Cl2N5O2/c1-8-12(6-20-16(24)25)14(11-3-2-9(17)4-13(11)18)23-7-10(5-19)22-15(23)21-8/h2-4,7,20H,6H2,1H3,(H,24,25). The number of halogens is 2. The largest absolute Gasteiger partial charge is 0.465 e. The van der Waals surface area contributed by atoms with Crippen LogP contribution in [0, 0.1) is 18.3 Å². The van der Waals surface area contributed by atoms with Crippen molar-refractivity contribution in [1.29, 1.82) is 5.26 Å². The lowest BCUT2D eigenvalue weighted by atomic mass is 10.0. The van der Waals surface area contributed by atoms with Gasteiger partial charge >= 0.3 is 6.09 Å². The van der Waals surface area contributed by atoms with Crippen LogP contribution in [0.4, 0.5) is 4.79 Å². The zero-order chi connectivity index (χ0) is 18.1. The van der Waals surface area contributed by atoms with Gasteiger partial charge in [-0.3, -0.25) is 4.40 Å². The van der Waals surface area contributed by atoms with Gasteiger partial charge in [0.05, 0.1) is 17.3 Å². The van der Waals surface area contributed by atoms with Crippen LogP contribution in [0.5, 0.6) is 0 Å². The predicted molar refractivity (Wildman–Crippen MR) is 92.8 cm³/mol. The maximum absolute atomic E-state index is 10.9. The fraction of sp³-hybridized carbons (Fsp3) is 0.125. The van der Waals surface area contributed by atoms with Crippen LogP contribution < -0.4 is 5.32 Å². The van der Waals surface area contributed by atoms with Crippen LogP contribution in [0.25, 0.3) is 17.0 Å². The van der Waals surface area contributed by atoms with E-state index < -0.39 is 6.09 Å². The Kier molecular flexibility index (Phi) is 4.49. The van der Waals surface area contributed by atoms with Crippen LogP contribution in [0.2, 0.25) is 10.0 Å². The van der Waals surface area contributed by atoms with E-state index in [4.69, 9.17) is 33.6 Å². The zero-order valence-corrected chi connectivity index (χ0v) is 14.4. The number of nitriles is 1. The molecule has 0 saturated heterocycles. The lowest BCUT2D eigenvalue weighted by Gasteiger charge is -2.16. The summed E-state index contributed by atoms with van der Waals surface area (Å²) in [5.74, 6) is 0.328. The van der Waals surface area contributed by atoms with Gasteiger partial charge in [0.2, 0.25) is 5.78 Å². The lowest BCUT2D eigenvalue weighted by Crippen LogP contribution is -2.22. The minimum Gasteiger partial charge on any atom is -0.465 e. The molecule has 0 spiro atoms. The Labute approximate surface area is 152 Å². The van der Waals surface area contributed by atoms with Gasteiger partial charge in [-0.1, -0.05) is 23.2 Å². The van der Waals surface area contributed by atoms with Crippen molar-refractivity contribution in [3.8, 4) is 17.3 Å². The highest BCUT2D eigenvalue weighted by atomic mass is 35.5. The van der Waals surface area contributed by atoms with E-state index in [0.29, 0.717) is 38.3 Å². The summed E-state index contributed by atoms with van der Waals surface area (Å²) in [4.78, 5) is 19.4. The second-order valence-corrected chi connectivity index (χ2v) is 6.06. The number of nitrogens with one attached hydrogen (secondary N) is 1. The molecule has 126 valence electrons. The van der Waals surface area contributed by atoms with E-state index in [9.17, 15) is 4.79 Å². The lowest BCUT2D eigenvalue weighted by molar-refractivity contribution is 0.194. The molecule has 2 N–H and O–H groups in total. The zero-order valence-electron chi connectivity index (χ0n) is 12.9. The first kappa shape index (κ1) is 17.0. The van der Waals surface area contributed by atoms with Crippen molar-refractivity contribution >= 4 is 35.1 Å². The van der Waals surface area contributed by atoms with Gasteiger partial charge in [0.25, 0.3) is 0 Å². The number of carboxylic acid groups (broad SMARTS) is 1. The molecule has 25 heavy (non-hydrogen) atoms. The maximum atomic E-state index is 10.9. The maximum Gasteiger partial charge on any atom is 0.404 e. The minimum atomic E-state index is -1.16. The average molecular weight is 376 g/mol.